The van der Waals surface area contributed by atoms with E-state index in [0.717, 1.165) is 22.0 Å². The molecule has 34 heavy (non-hydrogen) atoms. The highest BCUT2D eigenvalue weighted by Gasteiger charge is 2.28. The van der Waals surface area contributed by atoms with Gasteiger partial charge in [0.25, 0.3) is 10.0 Å². The number of hydrogen-bond donors (Lipinski definition) is 1. The Labute approximate surface area is 199 Å². The van der Waals surface area contributed by atoms with Gasteiger partial charge < -0.3 is 14.8 Å². The average molecular weight is 487 g/mol. The minimum atomic E-state index is -4.10. The number of benzene rings is 3. The molecule has 0 radical (unpaired) electrons. The van der Waals surface area contributed by atoms with E-state index in [2.05, 4.69) is 5.32 Å². The zero-order chi connectivity index (χ0) is 24.9. The van der Waals surface area contributed by atoms with Gasteiger partial charge in [0.05, 0.1) is 30.8 Å². The summed E-state index contributed by atoms with van der Waals surface area (Å²) in [5.41, 5.74) is 1.74. The summed E-state index contributed by atoms with van der Waals surface area (Å²) in [4.78, 5) is 13.0. The van der Waals surface area contributed by atoms with E-state index >= 15 is 0 Å². The predicted octanol–water partition coefficient (Wildman–Crippen LogP) is 4.22. The minimum absolute atomic E-state index is 0.0257. The van der Waals surface area contributed by atoms with Gasteiger partial charge >= 0.3 is 0 Å². The van der Waals surface area contributed by atoms with E-state index in [9.17, 15) is 17.6 Å². The maximum Gasteiger partial charge on any atom is 0.264 e. The number of nitrogens with one attached hydrogen (secondary N) is 1. The van der Waals surface area contributed by atoms with Gasteiger partial charge in [-0.05, 0) is 68.4 Å². The Hall–Kier alpha value is -3.59. The molecule has 0 aromatic heterocycles. The molecule has 0 bridgehead atoms. The standard InChI is InChI=1S/C25H27FN2O5S/c1-17-5-12-22(13-6-17)34(30,31)28(20-9-7-19(26)8-10-20)16-25(29)27-18(2)23-15-21(32-3)11-14-24(23)33-4/h5-15,18H,16H2,1-4H3,(H,27,29). The normalized spacial score (nSPS) is 12.0. The molecule has 1 amide bonds. The number of nitrogens with zero attached hydrogens (tertiary/aromatic N) is 1. The first-order valence-electron chi connectivity index (χ1n) is 10.5. The Morgan fingerprint density at radius 1 is 1.00 bits per heavy atom. The second kappa shape index (κ2) is 10.6. The highest BCUT2D eigenvalue weighted by atomic mass is 32.2. The second-order valence-electron chi connectivity index (χ2n) is 7.70. The summed E-state index contributed by atoms with van der Waals surface area (Å²) in [5, 5.41) is 2.81. The monoisotopic (exact) mass is 486 g/mol. The van der Waals surface area contributed by atoms with Crippen LogP contribution in [0.15, 0.2) is 71.6 Å². The van der Waals surface area contributed by atoms with Crippen molar-refractivity contribution in [3.63, 3.8) is 0 Å². The first-order chi connectivity index (χ1) is 16.1. The molecule has 0 spiro atoms. The number of ether oxygens (including phenoxy) is 2. The third kappa shape index (κ3) is 5.66. The lowest BCUT2D eigenvalue weighted by molar-refractivity contribution is -0.120. The lowest BCUT2D eigenvalue weighted by Crippen LogP contribution is -2.41. The Balaban J connectivity index is 1.90. The number of aryl methyl sites for hydroxylation is 1. The van der Waals surface area contributed by atoms with Crippen LogP contribution in [0.2, 0.25) is 0 Å². The molecule has 7 nitrogen and oxygen atoms in total. The number of halogens is 1. The molecule has 0 heterocycles. The van der Waals surface area contributed by atoms with Crippen molar-refractivity contribution in [3.05, 3.63) is 83.7 Å². The van der Waals surface area contributed by atoms with Crippen LogP contribution in [0.25, 0.3) is 0 Å². The van der Waals surface area contributed by atoms with Crippen LogP contribution in [0.3, 0.4) is 0 Å². The Bertz CT molecular complexity index is 1250. The number of rotatable bonds is 9. The first-order valence-corrected chi connectivity index (χ1v) is 12.0. The van der Waals surface area contributed by atoms with Gasteiger partial charge in [0, 0.05) is 5.56 Å². The first kappa shape index (κ1) is 25.0. The van der Waals surface area contributed by atoms with Gasteiger partial charge in [-0.1, -0.05) is 17.7 Å². The van der Waals surface area contributed by atoms with Gasteiger partial charge in [0.2, 0.25) is 5.91 Å². The summed E-state index contributed by atoms with van der Waals surface area (Å²) in [5.74, 6) is 0.0834. The van der Waals surface area contributed by atoms with Crippen LogP contribution in [0.5, 0.6) is 11.5 Å². The second-order valence-corrected chi connectivity index (χ2v) is 9.56. The fourth-order valence-corrected chi connectivity index (χ4v) is 4.85. The van der Waals surface area contributed by atoms with E-state index in [1.807, 2.05) is 6.92 Å². The van der Waals surface area contributed by atoms with Crippen molar-refractivity contribution < 1.29 is 27.1 Å². The smallest absolute Gasteiger partial charge is 0.264 e. The average Bonchev–Trinajstić information content (AvgIpc) is 2.83. The fourth-order valence-electron chi connectivity index (χ4n) is 3.43. The number of sulfonamides is 1. The molecule has 3 rings (SSSR count). The summed E-state index contributed by atoms with van der Waals surface area (Å²) < 4.78 is 51.9. The van der Waals surface area contributed by atoms with Crippen molar-refractivity contribution in [2.45, 2.75) is 24.8 Å². The molecule has 180 valence electrons. The maximum absolute atomic E-state index is 13.5. The summed E-state index contributed by atoms with van der Waals surface area (Å²) >= 11 is 0. The van der Waals surface area contributed by atoms with Gasteiger partial charge in [0.1, 0.15) is 23.9 Å². The van der Waals surface area contributed by atoms with Crippen molar-refractivity contribution >= 4 is 21.6 Å². The van der Waals surface area contributed by atoms with Crippen LogP contribution in [-0.2, 0) is 14.8 Å². The van der Waals surface area contributed by atoms with Crippen molar-refractivity contribution in [1.29, 1.82) is 0 Å². The van der Waals surface area contributed by atoms with E-state index in [-0.39, 0.29) is 10.6 Å². The maximum atomic E-state index is 13.5. The number of anilines is 1. The van der Waals surface area contributed by atoms with Gasteiger partial charge in [-0.3, -0.25) is 9.10 Å². The van der Waals surface area contributed by atoms with Crippen molar-refractivity contribution in [2.75, 3.05) is 25.1 Å². The Morgan fingerprint density at radius 2 is 1.65 bits per heavy atom. The quantitative estimate of drug-likeness (QED) is 0.490. The minimum Gasteiger partial charge on any atom is -0.497 e. The molecule has 9 heteroatoms. The van der Waals surface area contributed by atoms with Gasteiger partial charge in [-0.15, -0.1) is 0 Å². The molecule has 1 N–H and O–H groups in total. The van der Waals surface area contributed by atoms with Crippen LogP contribution in [0, 0.1) is 12.7 Å². The van der Waals surface area contributed by atoms with E-state index in [4.69, 9.17) is 9.47 Å². The molecule has 0 aliphatic carbocycles. The van der Waals surface area contributed by atoms with Crippen molar-refractivity contribution in [3.8, 4) is 11.5 Å². The zero-order valence-corrected chi connectivity index (χ0v) is 20.2. The highest BCUT2D eigenvalue weighted by molar-refractivity contribution is 7.92. The van der Waals surface area contributed by atoms with E-state index < -0.39 is 34.3 Å². The fraction of sp³-hybridized carbons (Fsp3) is 0.240. The number of carbonyl (C=O) groups excluding carboxylic acids is 1. The van der Waals surface area contributed by atoms with Crippen LogP contribution in [-0.4, -0.2) is 35.1 Å². The van der Waals surface area contributed by atoms with Gasteiger partial charge in [0.15, 0.2) is 0 Å². The molecule has 3 aromatic carbocycles. The lowest BCUT2D eigenvalue weighted by Gasteiger charge is -2.25. The van der Waals surface area contributed by atoms with E-state index in [1.54, 1.807) is 37.3 Å². The molecule has 0 aliphatic rings. The molecule has 1 atom stereocenters. The lowest BCUT2D eigenvalue weighted by atomic mass is 10.1. The molecule has 0 fully saturated rings. The van der Waals surface area contributed by atoms with Crippen LogP contribution in [0.4, 0.5) is 10.1 Å². The highest BCUT2D eigenvalue weighted by Crippen LogP contribution is 2.29. The molecular weight excluding hydrogens is 459 g/mol. The van der Waals surface area contributed by atoms with Crippen LogP contribution in [0.1, 0.15) is 24.1 Å². The Morgan fingerprint density at radius 3 is 2.24 bits per heavy atom. The molecule has 1 unspecified atom stereocenters. The third-order valence-corrected chi connectivity index (χ3v) is 7.08. The number of amides is 1. The topological polar surface area (TPSA) is 84.9 Å². The molecule has 0 aliphatic heterocycles. The van der Waals surface area contributed by atoms with Crippen LogP contribution < -0.4 is 19.1 Å². The van der Waals surface area contributed by atoms with Gasteiger partial charge in [-0.25, -0.2) is 12.8 Å². The number of hydrogen-bond acceptors (Lipinski definition) is 5. The molecular formula is C25H27FN2O5S. The Kier molecular flexibility index (Phi) is 7.78. The molecule has 0 saturated carbocycles. The zero-order valence-electron chi connectivity index (χ0n) is 19.4. The van der Waals surface area contributed by atoms with Crippen LogP contribution >= 0.6 is 0 Å². The van der Waals surface area contributed by atoms with Crippen molar-refractivity contribution in [1.82, 2.24) is 5.32 Å². The summed E-state index contributed by atoms with van der Waals surface area (Å²) in [6.45, 7) is 3.10. The predicted molar refractivity (Wildman–Crippen MR) is 128 cm³/mol. The van der Waals surface area contributed by atoms with Crippen molar-refractivity contribution in [2.24, 2.45) is 0 Å². The third-order valence-electron chi connectivity index (χ3n) is 5.29. The van der Waals surface area contributed by atoms with Gasteiger partial charge in [-0.2, -0.15) is 0 Å². The SMILES string of the molecule is COc1ccc(OC)c(C(C)NC(=O)CN(c2ccc(F)cc2)S(=O)(=O)c2ccc(C)cc2)c1. The van der Waals surface area contributed by atoms with E-state index in [1.165, 1.54) is 38.5 Å². The summed E-state index contributed by atoms with van der Waals surface area (Å²) in [6, 6.07) is 15.9. The molecule has 3 aromatic rings. The molecule has 0 saturated heterocycles. The largest absolute Gasteiger partial charge is 0.497 e. The number of methoxy groups -OCH3 is 2. The number of carbonyl (C=O) groups is 1. The van der Waals surface area contributed by atoms with E-state index in [0.29, 0.717) is 17.1 Å². The summed E-state index contributed by atoms with van der Waals surface area (Å²) in [6.07, 6.45) is 0. The summed E-state index contributed by atoms with van der Waals surface area (Å²) in [7, 11) is -1.05.